The summed E-state index contributed by atoms with van der Waals surface area (Å²) in [6, 6.07) is 8.94. The topological polar surface area (TPSA) is 63.5 Å². The lowest BCUT2D eigenvalue weighted by Gasteiger charge is -2.37. The van der Waals surface area contributed by atoms with E-state index in [-0.39, 0.29) is 11.9 Å². The van der Waals surface area contributed by atoms with Crippen LogP contribution in [-0.4, -0.2) is 69.7 Å². The zero-order valence-corrected chi connectivity index (χ0v) is 20.3. The maximum atomic E-state index is 13.3. The first kappa shape index (κ1) is 23.1. The summed E-state index contributed by atoms with van der Waals surface area (Å²) in [6.07, 6.45) is 5.97. The molecule has 1 amide bonds. The quantitative estimate of drug-likeness (QED) is 0.584. The summed E-state index contributed by atoms with van der Waals surface area (Å²) in [5.74, 6) is 1.40. The molecule has 0 N–H and O–H groups in total. The minimum Gasteiger partial charge on any atom is -0.378 e. The number of carbonyl (C=O) groups is 1. The molecule has 1 saturated carbocycles. The van der Waals surface area contributed by atoms with E-state index in [4.69, 9.17) is 4.74 Å². The van der Waals surface area contributed by atoms with Gasteiger partial charge in [-0.1, -0.05) is 43.2 Å². The number of aryl methyl sites for hydroxylation is 1. The van der Waals surface area contributed by atoms with Gasteiger partial charge in [0.05, 0.1) is 24.7 Å². The number of hydrogen-bond acceptors (Lipinski definition) is 6. The van der Waals surface area contributed by atoms with Crippen molar-refractivity contribution in [3.8, 4) is 5.69 Å². The normalized spacial score (nSPS) is 17.7. The monoisotopic (exact) mass is 457 g/mol. The van der Waals surface area contributed by atoms with Gasteiger partial charge in [-0.3, -0.25) is 9.36 Å². The Labute approximate surface area is 195 Å². The fourth-order valence-electron chi connectivity index (χ4n) is 4.79. The Balaban J connectivity index is 1.56. The third kappa shape index (κ3) is 5.29. The SMILES string of the molecule is Cc1cccc(-n2c(SCC(=O)N(C(C)C)C3CCCCC3)nnc2N2CCOCC2)c1. The number of ether oxygens (including phenoxy) is 1. The molecule has 1 saturated heterocycles. The van der Waals surface area contributed by atoms with E-state index in [0.29, 0.717) is 25.0 Å². The molecule has 0 radical (unpaired) electrons. The third-order valence-electron chi connectivity index (χ3n) is 6.31. The van der Waals surface area contributed by atoms with Gasteiger partial charge >= 0.3 is 0 Å². The van der Waals surface area contributed by atoms with Gasteiger partial charge in [0, 0.05) is 25.2 Å². The summed E-state index contributed by atoms with van der Waals surface area (Å²) in [5, 5.41) is 9.80. The molecule has 32 heavy (non-hydrogen) atoms. The van der Waals surface area contributed by atoms with Crippen molar-refractivity contribution in [3.05, 3.63) is 29.8 Å². The molecule has 0 spiro atoms. The van der Waals surface area contributed by atoms with Crippen LogP contribution >= 0.6 is 11.8 Å². The number of morpholine rings is 1. The number of carbonyl (C=O) groups excluding carboxylic acids is 1. The number of anilines is 1. The van der Waals surface area contributed by atoms with Gasteiger partial charge in [0.1, 0.15) is 0 Å². The fraction of sp³-hybridized carbons (Fsp3) is 0.625. The molecule has 0 unspecified atom stereocenters. The van der Waals surface area contributed by atoms with Crippen LogP contribution in [0.4, 0.5) is 5.95 Å². The van der Waals surface area contributed by atoms with Crippen LogP contribution in [0.3, 0.4) is 0 Å². The van der Waals surface area contributed by atoms with Gasteiger partial charge in [0.2, 0.25) is 11.9 Å². The van der Waals surface area contributed by atoms with Crippen LogP contribution in [-0.2, 0) is 9.53 Å². The highest BCUT2D eigenvalue weighted by Crippen LogP contribution is 2.29. The van der Waals surface area contributed by atoms with Crippen LogP contribution in [0.25, 0.3) is 5.69 Å². The second-order valence-corrected chi connectivity index (χ2v) is 9.97. The molecule has 1 aromatic heterocycles. The highest BCUT2D eigenvalue weighted by molar-refractivity contribution is 7.99. The molecule has 174 valence electrons. The van der Waals surface area contributed by atoms with Crippen molar-refractivity contribution in [3.63, 3.8) is 0 Å². The summed E-state index contributed by atoms with van der Waals surface area (Å²) in [5.41, 5.74) is 2.21. The van der Waals surface area contributed by atoms with Gasteiger partial charge in [-0.2, -0.15) is 0 Å². The molecule has 8 heteroatoms. The van der Waals surface area contributed by atoms with Crippen molar-refractivity contribution in [1.82, 2.24) is 19.7 Å². The zero-order valence-electron chi connectivity index (χ0n) is 19.5. The summed E-state index contributed by atoms with van der Waals surface area (Å²) >= 11 is 1.49. The summed E-state index contributed by atoms with van der Waals surface area (Å²) < 4.78 is 7.62. The molecule has 7 nitrogen and oxygen atoms in total. The van der Waals surface area contributed by atoms with Gasteiger partial charge in [0.15, 0.2) is 5.16 Å². The van der Waals surface area contributed by atoms with E-state index < -0.39 is 0 Å². The predicted molar refractivity (Wildman–Crippen MR) is 129 cm³/mol. The highest BCUT2D eigenvalue weighted by Gasteiger charge is 2.28. The van der Waals surface area contributed by atoms with Crippen molar-refractivity contribution >= 4 is 23.6 Å². The van der Waals surface area contributed by atoms with Gasteiger partial charge in [-0.25, -0.2) is 0 Å². The minimum absolute atomic E-state index is 0.198. The van der Waals surface area contributed by atoms with E-state index in [0.717, 1.165) is 42.7 Å². The van der Waals surface area contributed by atoms with E-state index in [1.165, 1.54) is 36.6 Å². The zero-order chi connectivity index (χ0) is 22.5. The van der Waals surface area contributed by atoms with Crippen molar-refractivity contribution in [2.75, 3.05) is 37.0 Å². The van der Waals surface area contributed by atoms with Crippen molar-refractivity contribution in [1.29, 1.82) is 0 Å². The molecule has 2 heterocycles. The third-order valence-corrected chi connectivity index (χ3v) is 7.22. The largest absolute Gasteiger partial charge is 0.378 e. The van der Waals surface area contributed by atoms with Gasteiger partial charge in [0.25, 0.3) is 0 Å². The van der Waals surface area contributed by atoms with E-state index in [1.54, 1.807) is 0 Å². The number of benzene rings is 1. The highest BCUT2D eigenvalue weighted by atomic mass is 32.2. The summed E-state index contributed by atoms with van der Waals surface area (Å²) in [7, 11) is 0. The maximum absolute atomic E-state index is 13.3. The smallest absolute Gasteiger partial charge is 0.233 e. The lowest BCUT2D eigenvalue weighted by Crippen LogP contribution is -2.46. The van der Waals surface area contributed by atoms with E-state index in [2.05, 4.69) is 69.6 Å². The lowest BCUT2D eigenvalue weighted by atomic mass is 9.93. The maximum Gasteiger partial charge on any atom is 0.233 e. The first-order valence-electron chi connectivity index (χ1n) is 11.8. The first-order chi connectivity index (χ1) is 15.5. The van der Waals surface area contributed by atoms with Gasteiger partial charge < -0.3 is 14.5 Å². The molecule has 1 aliphatic carbocycles. The molecule has 2 fully saturated rings. The number of aromatic nitrogens is 3. The molecule has 2 aliphatic rings. The number of amides is 1. The van der Waals surface area contributed by atoms with Crippen molar-refractivity contribution < 1.29 is 9.53 Å². The predicted octanol–water partition coefficient (Wildman–Crippen LogP) is 4.07. The van der Waals surface area contributed by atoms with Gasteiger partial charge in [-0.15, -0.1) is 10.2 Å². The molecule has 4 rings (SSSR count). The molecule has 0 atom stereocenters. The molecule has 0 bridgehead atoms. The molecular weight excluding hydrogens is 422 g/mol. The molecule has 1 aliphatic heterocycles. The van der Waals surface area contributed by atoms with Crippen molar-refractivity contribution in [2.24, 2.45) is 0 Å². The molecule has 1 aromatic carbocycles. The number of hydrogen-bond donors (Lipinski definition) is 0. The molecular formula is C24H35N5O2S. The van der Waals surface area contributed by atoms with Crippen LogP contribution in [0.15, 0.2) is 29.4 Å². The molecule has 2 aromatic rings. The average molecular weight is 458 g/mol. The summed E-state index contributed by atoms with van der Waals surface area (Å²) in [6.45, 7) is 9.29. The van der Waals surface area contributed by atoms with E-state index in [1.807, 2.05) is 0 Å². The Bertz CT molecular complexity index is 904. The second-order valence-electron chi connectivity index (χ2n) is 9.03. The Kier molecular flexibility index (Phi) is 7.73. The number of thioether (sulfide) groups is 1. The van der Waals surface area contributed by atoms with Crippen LogP contribution in [0.5, 0.6) is 0 Å². The Morgan fingerprint density at radius 1 is 1.19 bits per heavy atom. The average Bonchev–Trinajstić information content (AvgIpc) is 3.23. The van der Waals surface area contributed by atoms with Crippen LogP contribution in [0.1, 0.15) is 51.5 Å². The van der Waals surface area contributed by atoms with Crippen LogP contribution in [0.2, 0.25) is 0 Å². The minimum atomic E-state index is 0.198. The van der Waals surface area contributed by atoms with Crippen LogP contribution in [0, 0.1) is 6.92 Å². The number of rotatable bonds is 7. The first-order valence-corrected chi connectivity index (χ1v) is 12.8. The van der Waals surface area contributed by atoms with E-state index in [9.17, 15) is 4.79 Å². The van der Waals surface area contributed by atoms with E-state index >= 15 is 0 Å². The standard InChI is InChI=1S/C24H35N5O2S/c1-18(2)28(20-9-5-4-6-10-20)22(30)17-32-24-26-25-23(27-12-14-31-15-13-27)29(24)21-11-7-8-19(3)16-21/h7-8,11,16,18,20H,4-6,9-10,12-15,17H2,1-3H3. The van der Waals surface area contributed by atoms with Crippen molar-refractivity contribution in [2.45, 2.75) is 70.1 Å². The fourth-order valence-corrected chi connectivity index (χ4v) is 5.61. The Morgan fingerprint density at radius 3 is 2.62 bits per heavy atom. The second kappa shape index (κ2) is 10.7. The number of nitrogens with zero attached hydrogens (tertiary/aromatic N) is 5. The van der Waals surface area contributed by atoms with Gasteiger partial charge in [-0.05, 0) is 51.3 Å². The lowest BCUT2D eigenvalue weighted by molar-refractivity contribution is -0.133. The summed E-state index contributed by atoms with van der Waals surface area (Å²) in [4.78, 5) is 17.6. The Morgan fingerprint density at radius 2 is 1.94 bits per heavy atom. The Hall–Kier alpha value is -2.06. The van der Waals surface area contributed by atoms with Crippen LogP contribution < -0.4 is 4.90 Å².